The van der Waals surface area contributed by atoms with Gasteiger partial charge in [0.05, 0.1) is 15.2 Å². The fourth-order valence-corrected chi connectivity index (χ4v) is 9.21. The zero-order valence-corrected chi connectivity index (χ0v) is 32.8. The molecule has 4 N–H and O–H groups in total. The largest absolute Gasteiger partial charge is 0.456 e. The lowest BCUT2D eigenvalue weighted by atomic mass is 9.67. The van der Waals surface area contributed by atoms with E-state index in [1.165, 1.54) is 36.4 Å². The van der Waals surface area contributed by atoms with Gasteiger partial charge in [0.1, 0.15) is 32.8 Å². The van der Waals surface area contributed by atoms with Crippen LogP contribution in [-0.4, -0.2) is 51.9 Å². The van der Waals surface area contributed by atoms with Crippen LogP contribution in [0.5, 0.6) is 23.0 Å². The topological polar surface area (TPSA) is 236 Å². The molecule has 0 radical (unpaired) electrons. The summed E-state index contributed by atoms with van der Waals surface area (Å²) in [6, 6.07) is 26.7. The first kappa shape index (κ1) is 39.8. The van der Waals surface area contributed by atoms with Crippen LogP contribution < -0.4 is 9.47 Å². The average molecular weight is 851 g/mol. The lowest BCUT2D eigenvalue weighted by molar-refractivity contribution is 0.448. The molecule has 0 bridgehead atoms. The van der Waals surface area contributed by atoms with E-state index in [9.17, 15) is 51.9 Å². The highest BCUT2D eigenvalue weighted by Crippen LogP contribution is 2.58. The van der Waals surface area contributed by atoms with E-state index >= 15 is 0 Å². The van der Waals surface area contributed by atoms with Crippen LogP contribution in [0.1, 0.15) is 33.4 Å². The summed E-state index contributed by atoms with van der Waals surface area (Å²) in [5, 5.41) is 0. The summed E-state index contributed by atoms with van der Waals surface area (Å²) in [4.78, 5) is -2.92. The van der Waals surface area contributed by atoms with Crippen molar-refractivity contribution in [3.8, 4) is 34.1 Å². The van der Waals surface area contributed by atoms with E-state index in [0.29, 0.717) is 0 Å². The summed E-state index contributed by atoms with van der Waals surface area (Å²) in [5.74, 6) is -0.362. The summed E-state index contributed by atoms with van der Waals surface area (Å²) in [7, 11) is -20.3. The van der Waals surface area contributed by atoms with Gasteiger partial charge < -0.3 is 9.47 Å². The quantitative estimate of drug-likeness (QED) is 0.0994. The van der Waals surface area contributed by atoms with Crippen LogP contribution in [0.25, 0.3) is 11.1 Å². The maximum Gasteiger partial charge on any atom is 0.298 e. The molecule has 0 atom stereocenters. The van der Waals surface area contributed by atoms with Crippen LogP contribution >= 0.6 is 0 Å². The van der Waals surface area contributed by atoms with Crippen molar-refractivity contribution < 1.29 is 61.4 Å². The summed E-state index contributed by atoms with van der Waals surface area (Å²) < 4.78 is 156. The molecule has 0 amide bonds. The first-order valence-electron chi connectivity index (χ1n) is 16.5. The zero-order chi connectivity index (χ0) is 41.3. The molecular formula is C39H30O14S4. The monoisotopic (exact) mass is 850 g/mol. The van der Waals surface area contributed by atoms with Crippen LogP contribution in [0, 0.1) is 13.8 Å². The highest BCUT2D eigenvalue weighted by Gasteiger charge is 2.48. The standard InChI is InChI=1S/C39H30O14S4/c1-23-3-9-27(10-4-23)52-35-17-7-25(19-37(35)56(46,47)48)39(26-8-18-36(38(20-26)57(49,50)51)53-28-11-5-24(2)6-12-28)33-21-29(54(40,41)42)13-15-31(33)32-16-14-30(22-34(32)39)55(43,44)45/h3-22H,1-2H3,(H,40,41,42)(H,43,44,45)(H,46,47,48)(H,49,50,51). The van der Waals surface area contributed by atoms with Crippen LogP contribution in [0.15, 0.2) is 141 Å². The van der Waals surface area contributed by atoms with Gasteiger partial charge in [0.25, 0.3) is 40.5 Å². The number of hydrogen-bond donors (Lipinski definition) is 4. The number of hydrogen-bond acceptors (Lipinski definition) is 10. The molecule has 0 saturated carbocycles. The van der Waals surface area contributed by atoms with Gasteiger partial charge in [-0.3, -0.25) is 18.2 Å². The summed E-state index contributed by atoms with van der Waals surface area (Å²) >= 11 is 0. The van der Waals surface area contributed by atoms with E-state index in [0.717, 1.165) is 47.5 Å². The van der Waals surface area contributed by atoms with Gasteiger partial charge >= 0.3 is 0 Å². The number of benzene rings is 6. The van der Waals surface area contributed by atoms with Gasteiger partial charge in [-0.15, -0.1) is 0 Å². The maximum absolute atomic E-state index is 13.1. The van der Waals surface area contributed by atoms with Gasteiger partial charge in [-0.2, -0.15) is 33.7 Å². The summed E-state index contributed by atoms with van der Waals surface area (Å²) in [6.45, 7) is 3.63. The van der Waals surface area contributed by atoms with Crippen molar-refractivity contribution in [1.82, 2.24) is 0 Å². The summed E-state index contributed by atoms with van der Waals surface area (Å²) in [5.41, 5.74) is -0.385. The number of fused-ring (bicyclic) bond motifs is 3. The number of rotatable bonds is 10. The molecule has 18 heteroatoms. The second kappa shape index (κ2) is 13.9. The van der Waals surface area contributed by atoms with Gasteiger partial charge in [-0.05, 0) is 120 Å². The molecule has 0 spiro atoms. The minimum atomic E-state index is -5.17. The van der Waals surface area contributed by atoms with E-state index < -0.39 is 65.5 Å². The molecule has 6 aromatic carbocycles. The van der Waals surface area contributed by atoms with Crippen LogP contribution in [0.3, 0.4) is 0 Å². The third-order valence-corrected chi connectivity index (χ3v) is 12.9. The second-order valence-corrected chi connectivity index (χ2v) is 18.8. The maximum atomic E-state index is 13.1. The molecule has 6 aromatic rings. The van der Waals surface area contributed by atoms with Crippen molar-refractivity contribution in [3.05, 3.63) is 155 Å². The smallest absolute Gasteiger partial charge is 0.298 e. The third-order valence-electron chi connectivity index (χ3n) is 9.48. The van der Waals surface area contributed by atoms with Gasteiger partial charge in [-0.1, -0.05) is 59.7 Å². The van der Waals surface area contributed by atoms with E-state index in [2.05, 4.69) is 0 Å². The molecule has 1 aliphatic rings. The average Bonchev–Trinajstić information content (AvgIpc) is 3.42. The molecule has 0 saturated heterocycles. The SMILES string of the molecule is Cc1ccc(Oc2ccc(C3(c4ccc(Oc5ccc(C)cc5)c(S(=O)(=O)O)c4)c4cc(S(=O)(=O)O)ccc4-c4ccc(S(=O)(=O)O)cc43)cc2S(=O)(=O)O)cc1. The normalized spacial score (nSPS) is 13.8. The fourth-order valence-electron chi connectivity index (χ4n) is 6.91. The number of aryl methyl sites for hydroxylation is 2. The molecule has 14 nitrogen and oxygen atoms in total. The molecule has 0 fully saturated rings. The van der Waals surface area contributed by atoms with Gasteiger partial charge in [0, 0.05) is 0 Å². The molecule has 57 heavy (non-hydrogen) atoms. The number of ether oxygens (including phenoxy) is 2. The Morgan fingerprint density at radius 2 is 0.772 bits per heavy atom. The Balaban J connectivity index is 1.62. The highest BCUT2D eigenvalue weighted by molar-refractivity contribution is 7.86. The molecule has 1 aliphatic carbocycles. The molecule has 7 rings (SSSR count). The van der Waals surface area contributed by atoms with Crippen molar-refractivity contribution in [2.45, 2.75) is 38.8 Å². The molecule has 0 heterocycles. The molecule has 0 aliphatic heterocycles. The summed E-state index contributed by atoms with van der Waals surface area (Å²) in [6.07, 6.45) is 0. The van der Waals surface area contributed by atoms with E-state index in [1.807, 2.05) is 13.8 Å². The van der Waals surface area contributed by atoms with Crippen molar-refractivity contribution in [3.63, 3.8) is 0 Å². The van der Waals surface area contributed by atoms with Crippen molar-refractivity contribution in [2.75, 3.05) is 0 Å². The van der Waals surface area contributed by atoms with Crippen LogP contribution in [-0.2, 0) is 45.9 Å². The Labute approximate surface area is 328 Å². The predicted octanol–water partition coefficient (Wildman–Crippen LogP) is 7.24. The molecular weight excluding hydrogens is 821 g/mol. The second-order valence-electron chi connectivity index (χ2n) is 13.2. The Kier molecular flexibility index (Phi) is 9.69. The Morgan fingerprint density at radius 3 is 1.09 bits per heavy atom. The molecule has 294 valence electrons. The lowest BCUT2D eigenvalue weighted by Gasteiger charge is -2.35. The Bertz CT molecular complexity index is 2860. The van der Waals surface area contributed by atoms with Crippen molar-refractivity contribution in [1.29, 1.82) is 0 Å². The van der Waals surface area contributed by atoms with Gasteiger partial charge in [0.15, 0.2) is 0 Å². The first-order chi connectivity index (χ1) is 26.6. The third kappa shape index (κ3) is 7.44. The minimum absolute atomic E-state index is 0.0536. The van der Waals surface area contributed by atoms with Crippen molar-refractivity contribution >= 4 is 40.5 Å². The Hall–Kier alpha value is -5.44. The molecule has 0 unspecified atom stereocenters. The fraction of sp³-hybridized carbons (Fsp3) is 0.0769. The minimum Gasteiger partial charge on any atom is -0.456 e. The van der Waals surface area contributed by atoms with Crippen LogP contribution in [0.2, 0.25) is 0 Å². The lowest BCUT2D eigenvalue weighted by Crippen LogP contribution is -2.30. The molecule has 0 aromatic heterocycles. The zero-order valence-electron chi connectivity index (χ0n) is 29.6. The van der Waals surface area contributed by atoms with Gasteiger partial charge in [-0.25, -0.2) is 0 Å². The Morgan fingerprint density at radius 1 is 0.421 bits per heavy atom. The van der Waals surface area contributed by atoms with Crippen LogP contribution in [0.4, 0.5) is 0 Å². The van der Waals surface area contributed by atoms with E-state index in [-0.39, 0.29) is 56.4 Å². The van der Waals surface area contributed by atoms with Crippen molar-refractivity contribution in [2.24, 2.45) is 0 Å². The van der Waals surface area contributed by atoms with E-state index in [1.54, 1.807) is 48.5 Å². The first-order valence-corrected chi connectivity index (χ1v) is 22.3. The highest BCUT2D eigenvalue weighted by atomic mass is 32.2. The van der Waals surface area contributed by atoms with Gasteiger partial charge in [0.2, 0.25) is 0 Å². The van der Waals surface area contributed by atoms with E-state index in [4.69, 9.17) is 9.47 Å². The predicted molar refractivity (Wildman–Crippen MR) is 206 cm³/mol.